The van der Waals surface area contributed by atoms with Gasteiger partial charge in [0.15, 0.2) is 0 Å². The van der Waals surface area contributed by atoms with Crippen molar-refractivity contribution >= 4 is 22.5 Å². The predicted molar refractivity (Wildman–Crippen MR) is 65.1 cm³/mol. The van der Waals surface area contributed by atoms with Gasteiger partial charge in [0.25, 0.3) is 0 Å². The molecule has 0 saturated heterocycles. The molecule has 0 aliphatic rings. The third-order valence-corrected chi connectivity index (χ3v) is 3.26. The van der Waals surface area contributed by atoms with E-state index in [0.29, 0.717) is 0 Å². The van der Waals surface area contributed by atoms with Crippen LogP contribution in [0, 0.1) is 6.92 Å². The van der Waals surface area contributed by atoms with E-state index in [0.717, 1.165) is 5.75 Å². The van der Waals surface area contributed by atoms with E-state index in [1.54, 1.807) is 0 Å². The van der Waals surface area contributed by atoms with Crippen molar-refractivity contribution in [2.24, 2.45) is 0 Å². The third kappa shape index (κ3) is 1.78. The minimum atomic E-state index is 1.14. The first-order chi connectivity index (χ1) is 6.81. The Bertz CT molecular complexity index is 446. The van der Waals surface area contributed by atoms with Crippen LogP contribution in [-0.2, 0) is 0 Å². The topological polar surface area (TPSA) is 0 Å². The van der Waals surface area contributed by atoms with Gasteiger partial charge in [0, 0.05) is 4.90 Å². The van der Waals surface area contributed by atoms with Gasteiger partial charge in [0.1, 0.15) is 0 Å². The van der Waals surface area contributed by atoms with Crippen molar-refractivity contribution in [1.82, 2.24) is 0 Å². The lowest BCUT2D eigenvalue weighted by molar-refractivity contribution is 1.43. The molecule has 0 atom stereocenters. The summed E-state index contributed by atoms with van der Waals surface area (Å²) in [4.78, 5) is 1.37. The molecule has 1 heteroatoms. The van der Waals surface area contributed by atoms with Crippen LogP contribution in [-0.4, -0.2) is 5.75 Å². The van der Waals surface area contributed by atoms with E-state index in [-0.39, 0.29) is 0 Å². The average molecular weight is 202 g/mol. The molecule has 0 N–H and O–H groups in total. The number of hydrogen-bond acceptors (Lipinski definition) is 1. The molecule has 14 heavy (non-hydrogen) atoms. The van der Waals surface area contributed by atoms with E-state index in [2.05, 4.69) is 50.2 Å². The number of rotatable bonds is 2. The Morgan fingerprint density at radius 1 is 1.14 bits per heavy atom. The zero-order valence-corrected chi connectivity index (χ0v) is 9.40. The number of benzene rings is 2. The van der Waals surface area contributed by atoms with Gasteiger partial charge in [-0.15, -0.1) is 11.8 Å². The highest BCUT2D eigenvalue weighted by Gasteiger charge is 1.98. The molecule has 0 fully saturated rings. The first-order valence-corrected chi connectivity index (χ1v) is 5.92. The fourth-order valence-electron chi connectivity index (χ4n) is 1.66. The summed E-state index contributed by atoms with van der Waals surface area (Å²) in [5.74, 6) is 1.14. The minimum Gasteiger partial charge on any atom is -0.126 e. The molecule has 0 nitrogen and oxygen atoms in total. The average Bonchev–Trinajstić information content (AvgIpc) is 2.20. The Balaban J connectivity index is 2.58. The van der Waals surface area contributed by atoms with Gasteiger partial charge in [-0.1, -0.05) is 31.2 Å². The Kier molecular flexibility index (Phi) is 2.78. The molecule has 0 aromatic heterocycles. The van der Waals surface area contributed by atoms with Crippen LogP contribution < -0.4 is 0 Å². The molecule has 0 aliphatic carbocycles. The highest BCUT2D eigenvalue weighted by Crippen LogP contribution is 2.25. The van der Waals surface area contributed by atoms with Crippen LogP contribution in [0.4, 0.5) is 0 Å². The second kappa shape index (κ2) is 4.05. The molecule has 0 unspecified atom stereocenters. The first-order valence-electron chi connectivity index (χ1n) is 4.93. The van der Waals surface area contributed by atoms with E-state index in [4.69, 9.17) is 0 Å². The standard InChI is InChI=1S/C13H14S/c1-3-14-12-8-7-11-6-4-5-10(2)13(11)9-12/h4-9H,3H2,1-2H3. The zero-order valence-electron chi connectivity index (χ0n) is 8.58. The van der Waals surface area contributed by atoms with Crippen molar-refractivity contribution in [3.05, 3.63) is 42.0 Å². The fraction of sp³-hybridized carbons (Fsp3) is 0.231. The van der Waals surface area contributed by atoms with Crippen LogP contribution in [0.3, 0.4) is 0 Å². The SMILES string of the molecule is CCSc1ccc2cccc(C)c2c1. The molecule has 2 aromatic rings. The monoisotopic (exact) mass is 202 g/mol. The second-order valence-corrected chi connectivity index (χ2v) is 4.73. The van der Waals surface area contributed by atoms with Gasteiger partial charge in [-0.05, 0) is 41.1 Å². The van der Waals surface area contributed by atoms with Gasteiger partial charge < -0.3 is 0 Å². The maximum Gasteiger partial charge on any atom is 0.00783 e. The lowest BCUT2D eigenvalue weighted by atomic mass is 10.1. The van der Waals surface area contributed by atoms with Crippen molar-refractivity contribution in [3.63, 3.8) is 0 Å². The van der Waals surface area contributed by atoms with E-state index < -0.39 is 0 Å². The molecule has 72 valence electrons. The van der Waals surface area contributed by atoms with Crippen molar-refractivity contribution < 1.29 is 0 Å². The Morgan fingerprint density at radius 3 is 2.79 bits per heavy atom. The Hall–Kier alpha value is -0.950. The van der Waals surface area contributed by atoms with Crippen molar-refractivity contribution in [2.75, 3.05) is 5.75 Å². The highest BCUT2D eigenvalue weighted by molar-refractivity contribution is 7.99. The molecule has 0 saturated carbocycles. The summed E-state index contributed by atoms with van der Waals surface area (Å²) < 4.78 is 0. The van der Waals surface area contributed by atoms with Crippen LogP contribution in [0.1, 0.15) is 12.5 Å². The molecular weight excluding hydrogens is 188 g/mol. The Morgan fingerprint density at radius 2 is 2.00 bits per heavy atom. The van der Waals surface area contributed by atoms with Gasteiger partial charge in [0.2, 0.25) is 0 Å². The molecule has 0 spiro atoms. The summed E-state index contributed by atoms with van der Waals surface area (Å²) >= 11 is 1.90. The number of thioether (sulfide) groups is 1. The van der Waals surface area contributed by atoms with Gasteiger partial charge in [-0.25, -0.2) is 0 Å². The first kappa shape index (κ1) is 9.60. The summed E-state index contributed by atoms with van der Waals surface area (Å²) in [6.07, 6.45) is 0. The molecule has 2 rings (SSSR count). The van der Waals surface area contributed by atoms with Crippen molar-refractivity contribution in [2.45, 2.75) is 18.7 Å². The minimum absolute atomic E-state index is 1.14. The lowest BCUT2D eigenvalue weighted by Crippen LogP contribution is -1.79. The largest absolute Gasteiger partial charge is 0.126 e. The number of fused-ring (bicyclic) bond motifs is 1. The van der Waals surface area contributed by atoms with Crippen molar-refractivity contribution in [1.29, 1.82) is 0 Å². The summed E-state index contributed by atoms with van der Waals surface area (Å²) in [6.45, 7) is 4.36. The second-order valence-electron chi connectivity index (χ2n) is 3.39. The van der Waals surface area contributed by atoms with E-state index in [9.17, 15) is 0 Å². The third-order valence-electron chi connectivity index (χ3n) is 2.38. The molecule has 2 aromatic carbocycles. The summed E-state index contributed by atoms with van der Waals surface area (Å²) in [5.41, 5.74) is 1.36. The van der Waals surface area contributed by atoms with Crippen LogP contribution in [0.5, 0.6) is 0 Å². The molecule has 0 amide bonds. The maximum absolute atomic E-state index is 2.29. The van der Waals surface area contributed by atoms with E-state index >= 15 is 0 Å². The van der Waals surface area contributed by atoms with E-state index in [1.807, 2.05) is 11.8 Å². The van der Waals surface area contributed by atoms with Crippen LogP contribution in [0.25, 0.3) is 10.8 Å². The van der Waals surface area contributed by atoms with Gasteiger partial charge in [-0.2, -0.15) is 0 Å². The molecule has 0 radical (unpaired) electrons. The van der Waals surface area contributed by atoms with Crippen LogP contribution in [0.15, 0.2) is 41.3 Å². The summed E-state index contributed by atoms with van der Waals surface area (Å²) in [7, 11) is 0. The molecule has 0 heterocycles. The Labute approximate surface area is 89.3 Å². The summed E-state index contributed by atoms with van der Waals surface area (Å²) in [5, 5.41) is 2.72. The lowest BCUT2D eigenvalue weighted by Gasteiger charge is -2.04. The number of aryl methyl sites for hydroxylation is 1. The number of hydrogen-bond donors (Lipinski definition) is 0. The fourth-order valence-corrected chi connectivity index (χ4v) is 2.36. The van der Waals surface area contributed by atoms with Crippen LogP contribution in [0.2, 0.25) is 0 Å². The van der Waals surface area contributed by atoms with E-state index in [1.165, 1.54) is 21.2 Å². The zero-order chi connectivity index (χ0) is 9.97. The summed E-state index contributed by atoms with van der Waals surface area (Å²) in [6, 6.07) is 13.2. The normalized spacial score (nSPS) is 10.7. The molecule has 0 aliphatic heterocycles. The van der Waals surface area contributed by atoms with Crippen molar-refractivity contribution in [3.8, 4) is 0 Å². The molecule has 0 bridgehead atoms. The smallest absolute Gasteiger partial charge is 0.00783 e. The van der Waals surface area contributed by atoms with Crippen LogP contribution >= 0.6 is 11.8 Å². The maximum atomic E-state index is 2.29. The quantitative estimate of drug-likeness (QED) is 0.656. The highest BCUT2D eigenvalue weighted by atomic mass is 32.2. The van der Waals surface area contributed by atoms with Gasteiger partial charge in [0.05, 0.1) is 0 Å². The van der Waals surface area contributed by atoms with Gasteiger partial charge in [-0.3, -0.25) is 0 Å². The molecular formula is C13H14S. The predicted octanol–water partition coefficient (Wildman–Crippen LogP) is 4.26. The van der Waals surface area contributed by atoms with Gasteiger partial charge >= 0.3 is 0 Å².